The molecule has 0 aromatic rings. The molecular weight excluding hydrogens is 903 g/mol. The van der Waals surface area contributed by atoms with E-state index in [0.29, 0.717) is 6.42 Å². The van der Waals surface area contributed by atoms with Crippen LogP contribution in [0.25, 0.3) is 0 Å². The van der Waals surface area contributed by atoms with Crippen molar-refractivity contribution in [1.82, 2.24) is 5.32 Å². The molecule has 0 bridgehead atoms. The third kappa shape index (κ3) is 21.5. The molecule has 3 fully saturated rings. The van der Waals surface area contributed by atoms with Gasteiger partial charge in [-0.15, -0.1) is 0 Å². The van der Waals surface area contributed by atoms with Gasteiger partial charge in [0.05, 0.1) is 38.6 Å². The molecule has 17 atom stereocenters. The largest absolute Gasteiger partial charge is 0.394 e. The molecule has 3 aliphatic heterocycles. The van der Waals surface area contributed by atoms with Crippen molar-refractivity contribution in [1.29, 1.82) is 0 Å². The fourth-order valence-corrected chi connectivity index (χ4v) is 9.13. The van der Waals surface area contributed by atoms with Gasteiger partial charge in [-0.25, -0.2) is 0 Å². The number of aliphatic hydroxyl groups is 11. The van der Waals surface area contributed by atoms with Gasteiger partial charge in [0.1, 0.15) is 73.2 Å². The lowest BCUT2D eigenvalue weighted by Gasteiger charge is -2.48. The van der Waals surface area contributed by atoms with Crippen LogP contribution in [0.5, 0.6) is 0 Å². The minimum Gasteiger partial charge on any atom is -0.394 e. The van der Waals surface area contributed by atoms with Gasteiger partial charge in [0, 0.05) is 6.42 Å². The molecule has 3 saturated heterocycles. The van der Waals surface area contributed by atoms with Gasteiger partial charge in [-0.3, -0.25) is 4.79 Å². The number of allylic oxidation sites excluding steroid dienone is 1. The minimum atomic E-state index is -1.97. The Bertz CT molecular complexity index is 1330. The summed E-state index contributed by atoms with van der Waals surface area (Å²) in [4.78, 5) is 13.1. The standard InChI is InChI=1S/C50H93NO18/c1-3-5-7-9-11-12-13-14-15-16-17-18-19-20-22-23-25-27-34(55)33(51-38(56)28-26-24-21-10-8-6-4-2)32-64-48-44(62)41(59)46(36(30-53)66-48)69-50-45(63)42(60)47(37(31-54)67-50)68-49-43(61)40(58)39(57)35(29-52)65-49/h25,27,33-37,39-50,52-55,57-63H,3-24,26,28-32H2,1-2H3,(H,51,56)/b27-25+. The summed E-state index contributed by atoms with van der Waals surface area (Å²) < 4.78 is 34.1. The van der Waals surface area contributed by atoms with Gasteiger partial charge in [0.15, 0.2) is 18.9 Å². The van der Waals surface area contributed by atoms with E-state index in [1.54, 1.807) is 6.08 Å². The Morgan fingerprint density at radius 3 is 1.36 bits per heavy atom. The van der Waals surface area contributed by atoms with E-state index >= 15 is 0 Å². The highest BCUT2D eigenvalue weighted by Gasteiger charge is 2.53. The fraction of sp³-hybridized carbons (Fsp3) is 0.940. The Morgan fingerprint density at radius 2 is 0.899 bits per heavy atom. The van der Waals surface area contributed by atoms with Gasteiger partial charge in [0.25, 0.3) is 0 Å². The van der Waals surface area contributed by atoms with Crippen LogP contribution < -0.4 is 5.32 Å². The number of nitrogens with one attached hydrogen (secondary N) is 1. The zero-order valence-electron chi connectivity index (χ0n) is 41.5. The first-order valence-electron chi connectivity index (χ1n) is 26.4. The zero-order valence-corrected chi connectivity index (χ0v) is 41.5. The molecule has 0 radical (unpaired) electrons. The van der Waals surface area contributed by atoms with Crippen LogP contribution in [0.15, 0.2) is 12.2 Å². The van der Waals surface area contributed by atoms with Crippen molar-refractivity contribution in [3.63, 3.8) is 0 Å². The van der Waals surface area contributed by atoms with Crippen molar-refractivity contribution in [2.45, 2.75) is 272 Å². The Balaban J connectivity index is 1.53. The summed E-state index contributed by atoms with van der Waals surface area (Å²) in [7, 11) is 0. The first kappa shape index (κ1) is 61.8. The van der Waals surface area contributed by atoms with Crippen molar-refractivity contribution in [3.05, 3.63) is 12.2 Å². The predicted octanol–water partition coefficient (Wildman–Crippen LogP) is 2.26. The van der Waals surface area contributed by atoms with Crippen molar-refractivity contribution in [2.75, 3.05) is 26.4 Å². The number of hydrogen-bond acceptors (Lipinski definition) is 18. The molecule has 3 heterocycles. The van der Waals surface area contributed by atoms with E-state index in [1.807, 2.05) is 6.08 Å². The number of rotatable bonds is 37. The van der Waals surface area contributed by atoms with Crippen LogP contribution in [0.4, 0.5) is 0 Å². The summed E-state index contributed by atoms with van der Waals surface area (Å²) in [5.41, 5.74) is 0. The number of ether oxygens (including phenoxy) is 6. The van der Waals surface area contributed by atoms with Gasteiger partial charge in [-0.1, -0.05) is 154 Å². The van der Waals surface area contributed by atoms with E-state index in [2.05, 4.69) is 19.2 Å². The third-order valence-corrected chi connectivity index (χ3v) is 13.6. The molecule has 0 saturated carbocycles. The number of aliphatic hydroxyl groups excluding tert-OH is 11. The molecule has 19 nitrogen and oxygen atoms in total. The second kappa shape index (κ2) is 35.6. The summed E-state index contributed by atoms with van der Waals surface area (Å²) in [6.45, 7) is 1.64. The Morgan fingerprint density at radius 1 is 0.507 bits per heavy atom. The van der Waals surface area contributed by atoms with Gasteiger partial charge < -0.3 is 89.9 Å². The highest BCUT2D eigenvalue weighted by atomic mass is 16.8. The van der Waals surface area contributed by atoms with Crippen LogP contribution in [-0.4, -0.2) is 193 Å². The van der Waals surface area contributed by atoms with Crippen molar-refractivity contribution in [3.8, 4) is 0 Å². The Kier molecular flexibility index (Phi) is 31.9. The summed E-state index contributed by atoms with van der Waals surface area (Å²) in [6.07, 6.45) is 3.86. The molecule has 19 heteroatoms. The van der Waals surface area contributed by atoms with E-state index < -0.39 is 124 Å². The molecule has 3 aliphatic rings. The SMILES string of the molecule is CCCCCCCCCCCCCCCCC/C=C/C(O)C(COC1OC(CO)C(OC2OC(CO)C(OC3OC(CO)C(O)C(O)C3O)C(O)C2O)C(O)C1O)NC(=O)CCCCCCCCC. The molecule has 0 aliphatic carbocycles. The van der Waals surface area contributed by atoms with Crippen molar-refractivity contribution >= 4 is 5.91 Å². The first-order chi connectivity index (χ1) is 33.3. The van der Waals surface area contributed by atoms with Gasteiger partial charge in [-0.2, -0.15) is 0 Å². The summed E-state index contributed by atoms with van der Waals surface area (Å²) in [6, 6.07) is -0.963. The molecule has 0 aromatic heterocycles. The van der Waals surface area contributed by atoms with Crippen molar-refractivity contribution in [2.24, 2.45) is 0 Å². The van der Waals surface area contributed by atoms with Crippen molar-refractivity contribution < 1.29 is 89.4 Å². The number of carbonyl (C=O) groups excluding carboxylic acids is 1. The monoisotopic (exact) mass is 996 g/mol. The van der Waals surface area contributed by atoms with E-state index in [0.717, 1.165) is 57.8 Å². The molecule has 12 N–H and O–H groups in total. The number of unbranched alkanes of at least 4 members (excludes halogenated alkanes) is 21. The summed E-state index contributed by atoms with van der Waals surface area (Å²) >= 11 is 0. The maximum absolute atomic E-state index is 13.1. The van der Waals surface area contributed by atoms with Crippen LogP contribution in [0.3, 0.4) is 0 Å². The fourth-order valence-electron chi connectivity index (χ4n) is 9.13. The molecule has 69 heavy (non-hydrogen) atoms. The molecule has 0 aromatic carbocycles. The lowest BCUT2D eigenvalue weighted by Crippen LogP contribution is -2.66. The lowest BCUT2D eigenvalue weighted by atomic mass is 9.96. The molecule has 0 spiro atoms. The zero-order chi connectivity index (χ0) is 50.6. The van der Waals surface area contributed by atoms with Gasteiger partial charge in [0.2, 0.25) is 5.91 Å². The lowest BCUT2D eigenvalue weighted by molar-refractivity contribution is -0.379. The number of amides is 1. The van der Waals surface area contributed by atoms with E-state index in [4.69, 9.17) is 28.4 Å². The van der Waals surface area contributed by atoms with Gasteiger partial charge in [-0.05, 0) is 19.3 Å². The predicted molar refractivity (Wildman–Crippen MR) is 254 cm³/mol. The maximum Gasteiger partial charge on any atom is 0.220 e. The molecule has 1 amide bonds. The van der Waals surface area contributed by atoms with Crippen LogP contribution in [0.2, 0.25) is 0 Å². The van der Waals surface area contributed by atoms with Crippen LogP contribution in [0.1, 0.15) is 168 Å². The Labute approximate surface area is 410 Å². The first-order valence-corrected chi connectivity index (χ1v) is 26.4. The summed E-state index contributed by atoms with van der Waals surface area (Å²) in [5.74, 6) is -0.283. The molecule has 17 unspecified atom stereocenters. The second-order valence-corrected chi connectivity index (χ2v) is 19.3. The van der Waals surface area contributed by atoms with Crippen LogP contribution >= 0.6 is 0 Å². The number of carbonyl (C=O) groups is 1. The Hall–Kier alpha value is -1.47. The highest BCUT2D eigenvalue weighted by molar-refractivity contribution is 5.76. The van der Waals surface area contributed by atoms with E-state index in [1.165, 1.54) is 83.5 Å². The van der Waals surface area contributed by atoms with Crippen LogP contribution in [-0.2, 0) is 33.2 Å². The molecule has 3 rings (SSSR count). The van der Waals surface area contributed by atoms with E-state index in [9.17, 15) is 61.0 Å². The minimum absolute atomic E-state index is 0.244. The average Bonchev–Trinajstić information content (AvgIpc) is 3.34. The quantitative estimate of drug-likeness (QED) is 0.0314. The maximum atomic E-state index is 13.1. The third-order valence-electron chi connectivity index (χ3n) is 13.6. The normalized spacial score (nSPS) is 32.9. The average molecular weight is 996 g/mol. The smallest absolute Gasteiger partial charge is 0.220 e. The number of hydrogen-bond donors (Lipinski definition) is 12. The second-order valence-electron chi connectivity index (χ2n) is 19.3. The molecular formula is C50H93NO18. The highest BCUT2D eigenvalue weighted by Crippen LogP contribution is 2.33. The van der Waals surface area contributed by atoms with Crippen LogP contribution in [0, 0.1) is 0 Å². The van der Waals surface area contributed by atoms with Gasteiger partial charge >= 0.3 is 0 Å². The molecule has 406 valence electrons. The topological polar surface area (TPSA) is 307 Å². The van der Waals surface area contributed by atoms with E-state index in [-0.39, 0.29) is 18.9 Å². The summed E-state index contributed by atoms with van der Waals surface area (Å²) in [5, 5.41) is 119.